The third-order valence-corrected chi connectivity index (χ3v) is 4.45. The summed E-state index contributed by atoms with van der Waals surface area (Å²) in [6.07, 6.45) is 4.79. The average molecular weight is 304 g/mol. The molecule has 2 unspecified atom stereocenters. The average Bonchev–Trinajstić information content (AvgIpc) is 2.80. The fourth-order valence-electron chi connectivity index (χ4n) is 3.13. The Hall–Kier alpha value is -1.55. The van der Waals surface area contributed by atoms with Gasteiger partial charge in [0.15, 0.2) is 0 Å². The monoisotopic (exact) mass is 304 g/mol. The highest BCUT2D eigenvalue weighted by Gasteiger charge is 2.22. The maximum absolute atomic E-state index is 12.3. The van der Waals surface area contributed by atoms with E-state index in [1.807, 2.05) is 17.9 Å². The van der Waals surface area contributed by atoms with Crippen molar-refractivity contribution in [2.24, 2.45) is 0 Å². The van der Waals surface area contributed by atoms with Crippen LogP contribution in [0.15, 0.2) is 30.3 Å². The molecule has 0 spiro atoms. The van der Waals surface area contributed by atoms with Crippen molar-refractivity contribution < 1.29 is 9.90 Å². The molecular formula is C18H28N2O2. The van der Waals surface area contributed by atoms with Crippen molar-refractivity contribution in [2.45, 2.75) is 51.0 Å². The zero-order chi connectivity index (χ0) is 15.8. The highest BCUT2D eigenvalue weighted by atomic mass is 16.3. The van der Waals surface area contributed by atoms with E-state index in [9.17, 15) is 4.79 Å². The molecular weight excluding hydrogens is 276 g/mol. The summed E-state index contributed by atoms with van der Waals surface area (Å²) >= 11 is 0. The van der Waals surface area contributed by atoms with Gasteiger partial charge in [-0.05, 0) is 50.5 Å². The fraction of sp³-hybridized carbons (Fsp3) is 0.611. The first-order chi connectivity index (χ1) is 10.7. The SMILES string of the molecule is CC(CCCO)NC(=O)N1CCCC(c2ccccc2)CC1. The van der Waals surface area contributed by atoms with Crippen LogP contribution in [0.3, 0.4) is 0 Å². The number of hydrogen-bond acceptors (Lipinski definition) is 2. The third-order valence-electron chi connectivity index (χ3n) is 4.45. The molecule has 2 amide bonds. The second-order valence-electron chi connectivity index (χ2n) is 6.24. The van der Waals surface area contributed by atoms with E-state index in [1.165, 1.54) is 5.56 Å². The number of hydrogen-bond donors (Lipinski definition) is 2. The van der Waals surface area contributed by atoms with Crippen molar-refractivity contribution in [1.82, 2.24) is 10.2 Å². The summed E-state index contributed by atoms with van der Waals surface area (Å²) in [5.41, 5.74) is 1.39. The molecule has 2 atom stereocenters. The van der Waals surface area contributed by atoms with Crippen molar-refractivity contribution in [1.29, 1.82) is 0 Å². The molecule has 0 saturated carbocycles. The lowest BCUT2D eigenvalue weighted by atomic mass is 9.92. The van der Waals surface area contributed by atoms with Crippen LogP contribution in [-0.2, 0) is 0 Å². The minimum atomic E-state index is 0.0409. The highest BCUT2D eigenvalue weighted by molar-refractivity contribution is 5.74. The molecule has 1 aromatic carbocycles. The smallest absolute Gasteiger partial charge is 0.317 e. The number of nitrogens with one attached hydrogen (secondary N) is 1. The largest absolute Gasteiger partial charge is 0.396 e. The summed E-state index contributed by atoms with van der Waals surface area (Å²) in [6, 6.07) is 10.8. The third kappa shape index (κ3) is 5.02. The Morgan fingerprint density at radius 1 is 1.32 bits per heavy atom. The zero-order valence-electron chi connectivity index (χ0n) is 13.5. The summed E-state index contributed by atoms with van der Waals surface area (Å²) in [4.78, 5) is 14.3. The molecule has 122 valence electrons. The predicted octanol–water partition coefficient (Wildman–Crippen LogP) is 3.13. The Labute approximate surface area is 133 Å². The molecule has 0 bridgehead atoms. The molecule has 4 nitrogen and oxygen atoms in total. The molecule has 1 heterocycles. The van der Waals surface area contributed by atoms with Crippen LogP contribution in [0.25, 0.3) is 0 Å². The van der Waals surface area contributed by atoms with Crippen LogP contribution in [0.1, 0.15) is 50.5 Å². The number of urea groups is 1. The fourth-order valence-corrected chi connectivity index (χ4v) is 3.13. The van der Waals surface area contributed by atoms with Gasteiger partial charge in [0, 0.05) is 25.7 Å². The second kappa shape index (κ2) is 8.79. The molecule has 0 radical (unpaired) electrons. The maximum atomic E-state index is 12.3. The van der Waals surface area contributed by atoms with Crippen LogP contribution in [0.2, 0.25) is 0 Å². The molecule has 0 aromatic heterocycles. The molecule has 22 heavy (non-hydrogen) atoms. The van der Waals surface area contributed by atoms with Crippen LogP contribution < -0.4 is 5.32 Å². The molecule has 2 rings (SSSR count). The van der Waals surface area contributed by atoms with E-state index in [0.29, 0.717) is 5.92 Å². The van der Waals surface area contributed by atoms with Crippen LogP contribution in [0.5, 0.6) is 0 Å². The van der Waals surface area contributed by atoms with Gasteiger partial charge in [-0.3, -0.25) is 0 Å². The molecule has 1 aliphatic rings. The van der Waals surface area contributed by atoms with Crippen molar-refractivity contribution in [3.05, 3.63) is 35.9 Å². The van der Waals surface area contributed by atoms with Crippen molar-refractivity contribution in [3.63, 3.8) is 0 Å². The van der Waals surface area contributed by atoms with Gasteiger partial charge < -0.3 is 15.3 Å². The van der Waals surface area contributed by atoms with Crippen LogP contribution in [-0.4, -0.2) is 41.8 Å². The van der Waals surface area contributed by atoms with E-state index < -0.39 is 0 Å². The molecule has 4 heteroatoms. The normalized spacial score (nSPS) is 20.3. The topological polar surface area (TPSA) is 52.6 Å². The minimum absolute atomic E-state index is 0.0409. The Bertz CT molecular complexity index is 450. The van der Waals surface area contributed by atoms with E-state index in [0.717, 1.165) is 45.2 Å². The van der Waals surface area contributed by atoms with Crippen molar-refractivity contribution in [2.75, 3.05) is 19.7 Å². The number of nitrogens with zero attached hydrogens (tertiary/aromatic N) is 1. The maximum Gasteiger partial charge on any atom is 0.317 e. The number of likely N-dealkylation sites (tertiary alicyclic amines) is 1. The molecule has 1 saturated heterocycles. The second-order valence-corrected chi connectivity index (χ2v) is 6.24. The minimum Gasteiger partial charge on any atom is -0.396 e. The Morgan fingerprint density at radius 3 is 2.82 bits per heavy atom. The summed E-state index contributed by atoms with van der Waals surface area (Å²) in [7, 11) is 0. The van der Waals surface area contributed by atoms with Gasteiger partial charge in [0.25, 0.3) is 0 Å². The van der Waals surface area contributed by atoms with Crippen LogP contribution in [0, 0.1) is 0 Å². The van der Waals surface area contributed by atoms with Gasteiger partial charge in [-0.1, -0.05) is 30.3 Å². The lowest BCUT2D eigenvalue weighted by Gasteiger charge is -2.24. The van der Waals surface area contributed by atoms with Gasteiger partial charge in [-0.15, -0.1) is 0 Å². The Morgan fingerprint density at radius 2 is 2.09 bits per heavy atom. The van der Waals surface area contributed by atoms with E-state index in [2.05, 4.69) is 29.6 Å². The standard InChI is InChI=1S/C18H28N2O2/c1-15(7-6-14-21)19-18(22)20-12-5-10-17(11-13-20)16-8-3-2-4-9-16/h2-4,8-9,15,17,21H,5-7,10-14H2,1H3,(H,19,22). The summed E-state index contributed by atoms with van der Waals surface area (Å²) in [6.45, 7) is 3.83. The molecule has 0 aliphatic carbocycles. The molecule has 2 N–H and O–H groups in total. The van der Waals surface area contributed by atoms with Crippen molar-refractivity contribution >= 4 is 6.03 Å². The number of carbonyl (C=O) groups excluding carboxylic acids is 1. The Kier molecular flexibility index (Phi) is 6.72. The van der Waals surface area contributed by atoms with Gasteiger partial charge in [0.2, 0.25) is 0 Å². The van der Waals surface area contributed by atoms with Gasteiger partial charge in [0.1, 0.15) is 0 Å². The molecule has 1 fully saturated rings. The van der Waals surface area contributed by atoms with Gasteiger partial charge in [-0.25, -0.2) is 4.79 Å². The summed E-state index contributed by atoms with van der Waals surface area (Å²) in [5, 5.41) is 11.9. The number of aliphatic hydroxyl groups excluding tert-OH is 1. The van der Waals surface area contributed by atoms with E-state index in [-0.39, 0.29) is 18.7 Å². The van der Waals surface area contributed by atoms with E-state index in [1.54, 1.807) is 0 Å². The van der Waals surface area contributed by atoms with Gasteiger partial charge in [-0.2, -0.15) is 0 Å². The highest BCUT2D eigenvalue weighted by Crippen LogP contribution is 2.27. The Balaban J connectivity index is 1.83. The molecule has 1 aliphatic heterocycles. The molecule has 1 aromatic rings. The van der Waals surface area contributed by atoms with Crippen molar-refractivity contribution in [3.8, 4) is 0 Å². The van der Waals surface area contributed by atoms with E-state index in [4.69, 9.17) is 5.11 Å². The number of amides is 2. The van der Waals surface area contributed by atoms with Gasteiger partial charge >= 0.3 is 6.03 Å². The first-order valence-electron chi connectivity index (χ1n) is 8.42. The number of carbonyl (C=O) groups is 1. The number of benzene rings is 1. The summed E-state index contributed by atoms with van der Waals surface area (Å²) in [5.74, 6) is 0.561. The van der Waals surface area contributed by atoms with Crippen LogP contribution in [0.4, 0.5) is 4.79 Å². The quantitative estimate of drug-likeness (QED) is 0.878. The zero-order valence-corrected chi connectivity index (χ0v) is 13.5. The number of rotatable bonds is 5. The first-order valence-corrected chi connectivity index (χ1v) is 8.42. The lowest BCUT2D eigenvalue weighted by Crippen LogP contribution is -2.44. The predicted molar refractivity (Wildman–Crippen MR) is 88.9 cm³/mol. The lowest BCUT2D eigenvalue weighted by molar-refractivity contribution is 0.194. The summed E-state index contributed by atoms with van der Waals surface area (Å²) < 4.78 is 0. The van der Waals surface area contributed by atoms with Crippen LogP contribution >= 0.6 is 0 Å². The number of aliphatic hydroxyl groups is 1. The van der Waals surface area contributed by atoms with E-state index >= 15 is 0 Å². The van der Waals surface area contributed by atoms with Gasteiger partial charge in [0.05, 0.1) is 0 Å². The first kappa shape index (κ1) is 16.8.